The van der Waals surface area contributed by atoms with Crippen molar-refractivity contribution in [2.75, 3.05) is 39.1 Å². The quantitative estimate of drug-likeness (QED) is 0.235. The minimum atomic E-state index is -3.41. The van der Waals surface area contributed by atoms with Crippen LogP contribution in [-0.4, -0.2) is 72.2 Å². The Labute approximate surface area is 250 Å². The van der Waals surface area contributed by atoms with Crippen molar-refractivity contribution in [3.8, 4) is 34.5 Å². The van der Waals surface area contributed by atoms with Crippen LogP contribution in [0.3, 0.4) is 0 Å². The average Bonchev–Trinajstić information content (AvgIpc) is 3.01. The maximum atomic E-state index is 12.6. The van der Waals surface area contributed by atoms with Gasteiger partial charge in [-0.1, -0.05) is 30.3 Å². The lowest BCUT2D eigenvalue weighted by Gasteiger charge is -2.31. The molecule has 2 aromatic carbocycles. The van der Waals surface area contributed by atoms with Gasteiger partial charge in [0.2, 0.25) is 0 Å². The number of rotatable bonds is 11. The van der Waals surface area contributed by atoms with E-state index in [1.54, 1.807) is 36.7 Å². The topological polar surface area (TPSA) is 140 Å². The molecule has 0 bridgehead atoms. The molecule has 1 aliphatic heterocycles. The van der Waals surface area contributed by atoms with Crippen LogP contribution in [0.25, 0.3) is 22.6 Å². The lowest BCUT2D eigenvalue weighted by molar-refractivity contribution is 0.127. The minimum absolute atomic E-state index is 0.175. The molecule has 0 saturated carbocycles. The Morgan fingerprint density at radius 2 is 1.74 bits per heavy atom. The molecule has 0 N–H and O–H groups in total. The SMILES string of the molecule is CS(=O)(=O)OCCN1CCC(COc2cnc(-c3cccc(Cn4nc(-c5cccc(C#N)c5)ccc4=O)c3)nc2)CC1. The molecule has 0 radical (unpaired) electrons. The normalized spacial score (nSPS) is 14.3. The highest BCUT2D eigenvalue weighted by Crippen LogP contribution is 2.22. The first-order chi connectivity index (χ1) is 20.8. The Kier molecular flexibility index (Phi) is 9.56. The standard InChI is InChI=1S/C31H32N6O5S/c1-43(39,40)42-15-14-36-12-10-23(11-13-36)22-41-28-19-33-31(34-20-28)27-7-3-5-25(17-27)21-37-30(38)9-8-29(35-37)26-6-2-4-24(16-26)18-32/h2-9,16-17,19-20,23H,10-15,21-22H2,1H3. The summed E-state index contributed by atoms with van der Waals surface area (Å²) in [6.07, 6.45) is 6.30. The van der Waals surface area contributed by atoms with Crippen molar-refractivity contribution in [3.63, 3.8) is 0 Å². The van der Waals surface area contributed by atoms with Gasteiger partial charge in [-0.15, -0.1) is 0 Å². The van der Waals surface area contributed by atoms with Gasteiger partial charge in [-0.2, -0.15) is 18.8 Å². The molecule has 11 nitrogen and oxygen atoms in total. The predicted molar refractivity (Wildman–Crippen MR) is 161 cm³/mol. The van der Waals surface area contributed by atoms with E-state index >= 15 is 0 Å². The van der Waals surface area contributed by atoms with Crippen molar-refractivity contribution in [2.24, 2.45) is 5.92 Å². The van der Waals surface area contributed by atoms with Crippen LogP contribution in [0.15, 0.2) is 77.9 Å². The van der Waals surface area contributed by atoms with Gasteiger partial charge in [-0.3, -0.25) is 8.98 Å². The molecular formula is C31H32N6O5S. The number of piperidine rings is 1. The third-order valence-electron chi connectivity index (χ3n) is 7.20. The number of hydrogen-bond donors (Lipinski definition) is 0. The highest BCUT2D eigenvalue weighted by molar-refractivity contribution is 7.85. The number of nitrogens with zero attached hydrogens (tertiary/aromatic N) is 6. The predicted octanol–water partition coefficient (Wildman–Crippen LogP) is 3.35. The Bertz CT molecular complexity index is 1760. The summed E-state index contributed by atoms with van der Waals surface area (Å²) in [5.41, 5.74) is 3.35. The number of hydrogen-bond acceptors (Lipinski definition) is 10. The number of benzene rings is 2. The van der Waals surface area contributed by atoms with E-state index in [2.05, 4.69) is 26.0 Å². The van der Waals surface area contributed by atoms with E-state index in [9.17, 15) is 18.5 Å². The highest BCUT2D eigenvalue weighted by atomic mass is 32.2. The lowest BCUT2D eigenvalue weighted by Crippen LogP contribution is -2.37. The zero-order chi connectivity index (χ0) is 30.2. The van der Waals surface area contributed by atoms with E-state index in [-0.39, 0.29) is 18.7 Å². The van der Waals surface area contributed by atoms with Crippen molar-refractivity contribution in [2.45, 2.75) is 19.4 Å². The Hall–Kier alpha value is -4.44. The van der Waals surface area contributed by atoms with Gasteiger partial charge in [-0.05, 0) is 61.7 Å². The molecule has 3 heterocycles. The van der Waals surface area contributed by atoms with Crippen molar-refractivity contribution >= 4 is 10.1 Å². The fourth-order valence-electron chi connectivity index (χ4n) is 4.89. The summed E-state index contributed by atoms with van der Waals surface area (Å²) >= 11 is 0. The first-order valence-corrected chi connectivity index (χ1v) is 15.8. The first-order valence-electron chi connectivity index (χ1n) is 14.0. The molecule has 0 unspecified atom stereocenters. The molecule has 0 spiro atoms. The second kappa shape index (κ2) is 13.7. The molecule has 222 valence electrons. The molecule has 0 atom stereocenters. The molecule has 5 rings (SSSR count). The van der Waals surface area contributed by atoms with Gasteiger partial charge in [-0.25, -0.2) is 14.6 Å². The second-order valence-electron chi connectivity index (χ2n) is 10.5. The van der Waals surface area contributed by atoms with Gasteiger partial charge in [0.05, 0.1) is 55.7 Å². The fraction of sp³-hybridized carbons (Fsp3) is 0.323. The highest BCUT2D eigenvalue weighted by Gasteiger charge is 2.20. The molecule has 12 heteroatoms. The van der Waals surface area contributed by atoms with Gasteiger partial charge < -0.3 is 9.64 Å². The third kappa shape index (κ3) is 8.54. The molecule has 0 aliphatic carbocycles. The smallest absolute Gasteiger partial charge is 0.267 e. The van der Waals surface area contributed by atoms with Gasteiger partial charge >= 0.3 is 0 Å². The van der Waals surface area contributed by atoms with Crippen LogP contribution in [0, 0.1) is 17.2 Å². The summed E-state index contributed by atoms with van der Waals surface area (Å²) in [5, 5.41) is 13.7. The van der Waals surface area contributed by atoms with E-state index in [0.29, 0.717) is 41.9 Å². The van der Waals surface area contributed by atoms with E-state index in [1.807, 2.05) is 30.3 Å². The van der Waals surface area contributed by atoms with Gasteiger partial charge in [0.25, 0.3) is 15.7 Å². The Morgan fingerprint density at radius 3 is 2.49 bits per heavy atom. The summed E-state index contributed by atoms with van der Waals surface area (Å²) in [4.78, 5) is 23.8. The van der Waals surface area contributed by atoms with Gasteiger partial charge in [0.15, 0.2) is 11.6 Å². The van der Waals surface area contributed by atoms with E-state index in [1.165, 1.54) is 10.7 Å². The number of aromatic nitrogens is 4. The van der Waals surface area contributed by atoms with Crippen LogP contribution < -0.4 is 10.3 Å². The van der Waals surface area contributed by atoms with E-state index in [0.717, 1.165) is 48.9 Å². The summed E-state index contributed by atoms with van der Waals surface area (Å²) < 4.78 is 34.4. The van der Waals surface area contributed by atoms with E-state index < -0.39 is 10.1 Å². The second-order valence-corrected chi connectivity index (χ2v) is 12.1. The Morgan fingerprint density at radius 1 is 1.00 bits per heavy atom. The third-order valence-corrected chi connectivity index (χ3v) is 7.79. The Balaban J connectivity index is 1.16. The van der Waals surface area contributed by atoms with Crippen molar-refractivity contribution in [1.82, 2.24) is 24.6 Å². The molecule has 43 heavy (non-hydrogen) atoms. The van der Waals surface area contributed by atoms with Gasteiger partial charge in [0.1, 0.15) is 0 Å². The monoisotopic (exact) mass is 600 g/mol. The lowest BCUT2D eigenvalue weighted by atomic mass is 9.98. The largest absolute Gasteiger partial charge is 0.490 e. The van der Waals surface area contributed by atoms with Crippen molar-refractivity contribution < 1.29 is 17.3 Å². The summed E-state index contributed by atoms with van der Waals surface area (Å²) in [5.74, 6) is 1.53. The van der Waals surface area contributed by atoms with Gasteiger partial charge in [0, 0.05) is 23.7 Å². The van der Waals surface area contributed by atoms with Crippen LogP contribution in [0.4, 0.5) is 0 Å². The zero-order valence-electron chi connectivity index (χ0n) is 23.8. The molecule has 1 fully saturated rings. The molecule has 4 aromatic rings. The van der Waals surface area contributed by atoms with Crippen LogP contribution in [0.5, 0.6) is 5.75 Å². The maximum Gasteiger partial charge on any atom is 0.267 e. The van der Waals surface area contributed by atoms with Crippen molar-refractivity contribution in [3.05, 3.63) is 94.5 Å². The van der Waals surface area contributed by atoms with Crippen molar-refractivity contribution in [1.29, 1.82) is 5.26 Å². The fourth-order valence-corrected chi connectivity index (χ4v) is 5.27. The number of ether oxygens (including phenoxy) is 1. The molecule has 0 amide bonds. The summed E-state index contributed by atoms with van der Waals surface area (Å²) in [6.45, 7) is 3.33. The molecular weight excluding hydrogens is 568 g/mol. The summed E-state index contributed by atoms with van der Waals surface area (Å²) in [6, 6.07) is 20.0. The van der Waals surface area contributed by atoms with Crippen LogP contribution in [-0.2, 0) is 20.8 Å². The minimum Gasteiger partial charge on any atom is -0.490 e. The molecule has 1 aliphatic rings. The number of likely N-dealkylation sites (tertiary alicyclic amines) is 1. The van der Waals surface area contributed by atoms with Crippen LogP contribution in [0.1, 0.15) is 24.0 Å². The average molecular weight is 601 g/mol. The number of nitriles is 1. The first kappa shape index (κ1) is 30.0. The molecule has 2 aromatic heterocycles. The zero-order valence-corrected chi connectivity index (χ0v) is 24.6. The van der Waals surface area contributed by atoms with Crippen LogP contribution in [0.2, 0.25) is 0 Å². The van der Waals surface area contributed by atoms with E-state index in [4.69, 9.17) is 8.92 Å². The van der Waals surface area contributed by atoms with Crippen LogP contribution >= 0.6 is 0 Å². The summed E-state index contributed by atoms with van der Waals surface area (Å²) in [7, 11) is -3.41. The molecule has 1 saturated heterocycles. The maximum absolute atomic E-state index is 12.6.